The lowest BCUT2D eigenvalue weighted by atomic mass is 9.93. The topological polar surface area (TPSA) is 30.5 Å². The van der Waals surface area contributed by atoms with Gasteiger partial charge in [0.2, 0.25) is 0 Å². The highest BCUT2D eigenvalue weighted by Crippen LogP contribution is 2.38. The van der Waals surface area contributed by atoms with Crippen molar-refractivity contribution in [1.82, 2.24) is 10.2 Å². The van der Waals surface area contributed by atoms with Gasteiger partial charge in [-0.1, -0.05) is 43.4 Å². The van der Waals surface area contributed by atoms with Gasteiger partial charge in [-0.05, 0) is 69.5 Å². The van der Waals surface area contributed by atoms with Crippen molar-refractivity contribution in [3.8, 4) is 0 Å². The van der Waals surface area contributed by atoms with Gasteiger partial charge >= 0.3 is 0 Å². The summed E-state index contributed by atoms with van der Waals surface area (Å²) < 4.78 is 0. The first kappa shape index (κ1) is 23.0. The summed E-state index contributed by atoms with van der Waals surface area (Å²) in [4.78, 5) is 4.88. The second-order valence-corrected chi connectivity index (χ2v) is 9.15. The number of allylic oxidation sites excluding steroid dienone is 6. The van der Waals surface area contributed by atoms with Gasteiger partial charge in [-0.2, -0.15) is 0 Å². The van der Waals surface area contributed by atoms with Crippen molar-refractivity contribution in [2.75, 3.05) is 30.4 Å². The molecule has 3 aliphatic rings. The maximum Gasteiger partial charge on any atom is 0.0482 e. The van der Waals surface area contributed by atoms with Crippen molar-refractivity contribution >= 4 is 17.1 Å². The number of nitrogens with zero attached hydrogens (tertiary/aromatic N) is 2. The van der Waals surface area contributed by atoms with Crippen LogP contribution in [0.3, 0.4) is 0 Å². The van der Waals surface area contributed by atoms with Crippen LogP contribution in [0.1, 0.15) is 51.5 Å². The van der Waals surface area contributed by atoms with E-state index in [1.165, 1.54) is 58.9 Å². The van der Waals surface area contributed by atoms with Crippen LogP contribution < -0.4 is 15.5 Å². The SMILES string of the molecule is C=CN/C=C(/C1C=CC(C)=CC1)N(C)c1ccc2c(c1)C(N1CCCCC1)=C/C(=C/CC)N2. The van der Waals surface area contributed by atoms with E-state index < -0.39 is 0 Å². The first-order valence-electron chi connectivity index (χ1n) is 12.3. The molecule has 2 heterocycles. The standard InChI is InChI=1S/C29H38N4/c1-5-10-24-19-28(33-17-8-7-9-18-33)26-20-25(15-16-27(26)31-24)32(4)29(21-30-6-2)23-13-11-22(3)12-14-23/h6,10-13,15-16,19-21,23,30-31H,2,5,7-9,14,17-18H2,1,3-4H3/b24-10-,29-21-. The summed E-state index contributed by atoms with van der Waals surface area (Å²) in [7, 11) is 2.17. The predicted molar refractivity (Wildman–Crippen MR) is 143 cm³/mol. The van der Waals surface area contributed by atoms with Gasteiger partial charge in [-0.15, -0.1) is 0 Å². The van der Waals surface area contributed by atoms with E-state index in [0.717, 1.165) is 25.9 Å². The molecule has 0 bridgehead atoms. The molecule has 0 spiro atoms. The number of rotatable bonds is 7. The summed E-state index contributed by atoms with van der Waals surface area (Å²) in [5, 5.41) is 6.86. The second kappa shape index (κ2) is 10.7. The molecule has 1 saturated heterocycles. The Morgan fingerprint density at radius 3 is 2.79 bits per heavy atom. The zero-order valence-electron chi connectivity index (χ0n) is 20.4. The number of piperidine rings is 1. The third-order valence-electron chi connectivity index (χ3n) is 6.76. The number of nitrogens with one attached hydrogen (secondary N) is 2. The van der Waals surface area contributed by atoms with Gasteiger partial charge in [0.25, 0.3) is 0 Å². The smallest absolute Gasteiger partial charge is 0.0482 e. The first-order valence-corrected chi connectivity index (χ1v) is 12.3. The van der Waals surface area contributed by atoms with Crippen molar-refractivity contribution in [1.29, 1.82) is 0 Å². The molecular formula is C29H38N4. The Morgan fingerprint density at radius 2 is 2.09 bits per heavy atom. The van der Waals surface area contributed by atoms with Gasteiger partial charge in [-0.25, -0.2) is 0 Å². The van der Waals surface area contributed by atoms with Crippen LogP contribution in [0.5, 0.6) is 0 Å². The van der Waals surface area contributed by atoms with E-state index in [1.807, 2.05) is 0 Å². The molecule has 1 aromatic carbocycles. The maximum atomic E-state index is 3.83. The molecule has 1 fully saturated rings. The first-order chi connectivity index (χ1) is 16.1. The van der Waals surface area contributed by atoms with E-state index in [0.29, 0.717) is 5.92 Å². The Balaban J connectivity index is 1.69. The lowest BCUT2D eigenvalue weighted by molar-refractivity contribution is 0.325. The molecule has 1 unspecified atom stereocenters. The molecule has 4 rings (SSSR count). The third kappa shape index (κ3) is 5.27. The van der Waals surface area contributed by atoms with E-state index >= 15 is 0 Å². The highest BCUT2D eigenvalue weighted by atomic mass is 15.2. The van der Waals surface area contributed by atoms with Gasteiger partial charge in [0.05, 0.1) is 0 Å². The molecule has 2 aliphatic heterocycles. The fraction of sp³-hybridized carbons (Fsp3) is 0.379. The van der Waals surface area contributed by atoms with Gasteiger partial charge in [-0.3, -0.25) is 0 Å². The van der Waals surface area contributed by atoms with E-state index in [1.54, 1.807) is 6.20 Å². The Hall–Kier alpha value is -3.14. The average Bonchev–Trinajstić information content (AvgIpc) is 2.85. The minimum absolute atomic E-state index is 0.330. The Morgan fingerprint density at radius 1 is 1.27 bits per heavy atom. The van der Waals surface area contributed by atoms with Crippen LogP contribution in [0.2, 0.25) is 0 Å². The largest absolute Gasteiger partial charge is 0.371 e. The minimum Gasteiger partial charge on any atom is -0.371 e. The molecule has 0 aromatic heterocycles. The number of fused-ring (bicyclic) bond motifs is 1. The third-order valence-corrected chi connectivity index (χ3v) is 6.76. The summed E-state index contributed by atoms with van der Waals surface area (Å²) in [6.07, 6.45) is 21.2. The minimum atomic E-state index is 0.330. The van der Waals surface area contributed by atoms with Crippen molar-refractivity contribution in [2.24, 2.45) is 5.92 Å². The fourth-order valence-corrected chi connectivity index (χ4v) is 4.90. The van der Waals surface area contributed by atoms with E-state index in [2.05, 4.69) is 103 Å². The molecule has 0 amide bonds. The van der Waals surface area contributed by atoms with Crippen molar-refractivity contribution in [3.63, 3.8) is 0 Å². The lowest BCUT2D eigenvalue weighted by Gasteiger charge is -2.35. The van der Waals surface area contributed by atoms with E-state index in [4.69, 9.17) is 0 Å². The van der Waals surface area contributed by atoms with Crippen LogP contribution in [0.25, 0.3) is 5.70 Å². The zero-order chi connectivity index (χ0) is 23.2. The number of hydrogen-bond acceptors (Lipinski definition) is 4. The van der Waals surface area contributed by atoms with E-state index in [-0.39, 0.29) is 0 Å². The van der Waals surface area contributed by atoms with Crippen LogP contribution in [0.15, 0.2) is 84.5 Å². The fourth-order valence-electron chi connectivity index (χ4n) is 4.90. The molecule has 1 aromatic rings. The molecular weight excluding hydrogens is 404 g/mol. The Labute approximate surface area is 199 Å². The van der Waals surface area contributed by atoms with Crippen molar-refractivity contribution < 1.29 is 0 Å². The van der Waals surface area contributed by atoms with Gasteiger partial charge < -0.3 is 20.4 Å². The Kier molecular flexibility index (Phi) is 7.43. The summed E-state index contributed by atoms with van der Waals surface area (Å²) in [5.41, 5.74) is 8.80. The molecule has 174 valence electrons. The number of benzene rings is 1. The predicted octanol–water partition coefficient (Wildman–Crippen LogP) is 6.77. The molecule has 0 saturated carbocycles. The summed E-state index contributed by atoms with van der Waals surface area (Å²) in [5.74, 6) is 0.330. The van der Waals surface area contributed by atoms with Crippen LogP contribution in [0, 0.1) is 5.92 Å². The van der Waals surface area contributed by atoms with Gasteiger partial charge in [0, 0.05) is 66.3 Å². The highest BCUT2D eigenvalue weighted by Gasteiger charge is 2.24. The summed E-state index contributed by atoms with van der Waals surface area (Å²) >= 11 is 0. The number of hydrogen-bond donors (Lipinski definition) is 2. The van der Waals surface area contributed by atoms with Crippen LogP contribution in [-0.4, -0.2) is 25.0 Å². The summed E-state index contributed by atoms with van der Waals surface area (Å²) in [6, 6.07) is 6.81. The zero-order valence-corrected chi connectivity index (χ0v) is 20.4. The van der Waals surface area contributed by atoms with Crippen LogP contribution >= 0.6 is 0 Å². The molecule has 1 aliphatic carbocycles. The monoisotopic (exact) mass is 442 g/mol. The van der Waals surface area contributed by atoms with Crippen LogP contribution in [-0.2, 0) is 0 Å². The maximum absolute atomic E-state index is 3.83. The van der Waals surface area contributed by atoms with Crippen LogP contribution in [0.4, 0.5) is 11.4 Å². The molecule has 2 N–H and O–H groups in total. The molecule has 4 heteroatoms. The second-order valence-electron chi connectivity index (χ2n) is 9.15. The molecule has 33 heavy (non-hydrogen) atoms. The molecule has 4 nitrogen and oxygen atoms in total. The highest BCUT2D eigenvalue weighted by molar-refractivity contribution is 5.85. The molecule has 0 radical (unpaired) electrons. The van der Waals surface area contributed by atoms with Crippen molar-refractivity contribution in [3.05, 3.63) is 90.1 Å². The quantitative estimate of drug-likeness (QED) is 0.488. The molecule has 1 atom stereocenters. The van der Waals surface area contributed by atoms with Gasteiger partial charge in [0.15, 0.2) is 0 Å². The van der Waals surface area contributed by atoms with Gasteiger partial charge in [0.1, 0.15) is 0 Å². The average molecular weight is 443 g/mol. The number of anilines is 2. The number of likely N-dealkylation sites (tertiary alicyclic amines) is 1. The normalized spacial score (nSPS) is 21.7. The van der Waals surface area contributed by atoms with E-state index in [9.17, 15) is 0 Å². The van der Waals surface area contributed by atoms with Crippen molar-refractivity contribution in [2.45, 2.75) is 46.0 Å². The summed E-state index contributed by atoms with van der Waals surface area (Å²) in [6.45, 7) is 10.5. The lowest BCUT2D eigenvalue weighted by Crippen LogP contribution is -2.30. The Bertz CT molecular complexity index is 1020.